The lowest BCUT2D eigenvalue weighted by Crippen LogP contribution is -2.09. The molecule has 0 radical (unpaired) electrons. The predicted molar refractivity (Wildman–Crippen MR) is 131 cm³/mol. The topological polar surface area (TPSA) is 75.6 Å². The van der Waals surface area contributed by atoms with Gasteiger partial charge in [-0.1, -0.05) is 44.7 Å². The molecule has 33 heavy (non-hydrogen) atoms. The highest BCUT2D eigenvalue weighted by Gasteiger charge is 2.23. The van der Waals surface area contributed by atoms with Crippen LogP contribution < -0.4 is 18.9 Å². The quantitative estimate of drug-likeness (QED) is 0.143. The summed E-state index contributed by atoms with van der Waals surface area (Å²) in [7, 11) is 6.42. The highest BCUT2D eigenvalue weighted by atomic mass is 16.7. The lowest BCUT2D eigenvalue weighted by molar-refractivity contribution is -0.143. The summed E-state index contributed by atoms with van der Waals surface area (Å²) < 4.78 is 22.8. The fourth-order valence-electron chi connectivity index (χ4n) is 3.81. The Balaban J connectivity index is 2.64. The number of carbonyl (C=O) groups excluding carboxylic acids is 1. The second kappa shape index (κ2) is 13.6. The number of methoxy groups -OCH3 is 4. The number of nitrogens with zero attached hydrogens (tertiary/aromatic N) is 1. The summed E-state index contributed by atoms with van der Waals surface area (Å²) in [5.41, 5.74) is 1.33. The number of carbonyl (C=O) groups is 1. The van der Waals surface area contributed by atoms with E-state index in [2.05, 4.69) is 19.0 Å². The van der Waals surface area contributed by atoms with Gasteiger partial charge in [-0.25, -0.2) is 4.79 Å². The van der Waals surface area contributed by atoms with Crippen LogP contribution in [0.2, 0.25) is 0 Å². The Morgan fingerprint density at radius 2 is 1.33 bits per heavy atom. The molecular weight excluding hydrogens is 422 g/mol. The largest absolute Gasteiger partial charge is 0.496 e. The van der Waals surface area contributed by atoms with Crippen LogP contribution in [0.4, 0.5) is 0 Å². The smallest absolute Gasteiger partial charge is 0.335 e. The summed E-state index contributed by atoms with van der Waals surface area (Å²) in [5, 5.41) is 5.75. The van der Waals surface area contributed by atoms with Crippen molar-refractivity contribution in [3.8, 4) is 23.0 Å². The molecule has 182 valence electrons. The van der Waals surface area contributed by atoms with Crippen LogP contribution in [0.15, 0.2) is 23.4 Å². The van der Waals surface area contributed by atoms with E-state index < -0.39 is 0 Å². The Morgan fingerprint density at radius 1 is 0.758 bits per heavy atom. The molecular formula is C26H37NO6. The van der Waals surface area contributed by atoms with E-state index in [1.807, 2.05) is 18.2 Å². The Labute approximate surface area is 197 Å². The molecule has 0 bridgehead atoms. The Morgan fingerprint density at radius 3 is 1.88 bits per heavy atom. The third kappa shape index (κ3) is 6.53. The summed E-state index contributed by atoms with van der Waals surface area (Å²) >= 11 is 0. The predicted octanol–water partition coefficient (Wildman–Crippen LogP) is 6.28. The van der Waals surface area contributed by atoms with E-state index >= 15 is 0 Å². The third-order valence-corrected chi connectivity index (χ3v) is 5.56. The van der Waals surface area contributed by atoms with Crippen LogP contribution in [0.3, 0.4) is 0 Å². The van der Waals surface area contributed by atoms with Gasteiger partial charge in [0.1, 0.15) is 23.0 Å². The molecule has 2 aromatic rings. The van der Waals surface area contributed by atoms with Gasteiger partial charge >= 0.3 is 5.97 Å². The second-order valence-corrected chi connectivity index (χ2v) is 7.80. The number of hydrogen-bond acceptors (Lipinski definition) is 7. The average Bonchev–Trinajstić information content (AvgIpc) is 2.84. The van der Waals surface area contributed by atoms with E-state index in [1.165, 1.54) is 0 Å². The number of unbranched alkanes of at least 4 members (excludes halogenated alkanes) is 4. The maximum atomic E-state index is 12.2. The van der Waals surface area contributed by atoms with Crippen molar-refractivity contribution < 1.29 is 28.6 Å². The highest BCUT2D eigenvalue weighted by Crippen LogP contribution is 2.46. The number of ether oxygens (including phenoxy) is 4. The van der Waals surface area contributed by atoms with Crippen molar-refractivity contribution in [3.05, 3.63) is 23.8 Å². The first-order chi connectivity index (χ1) is 16.1. The molecule has 0 fully saturated rings. The van der Waals surface area contributed by atoms with Gasteiger partial charge < -0.3 is 23.8 Å². The molecule has 0 heterocycles. The summed E-state index contributed by atoms with van der Waals surface area (Å²) in [6.45, 7) is 4.24. The molecule has 0 N–H and O–H groups in total. The van der Waals surface area contributed by atoms with Crippen molar-refractivity contribution in [3.63, 3.8) is 0 Å². The van der Waals surface area contributed by atoms with E-state index in [0.29, 0.717) is 52.5 Å². The minimum Gasteiger partial charge on any atom is -0.496 e. The first kappa shape index (κ1) is 26.3. The maximum absolute atomic E-state index is 12.2. The minimum atomic E-state index is -0.331. The highest BCUT2D eigenvalue weighted by molar-refractivity contribution is 6.12. The van der Waals surface area contributed by atoms with Gasteiger partial charge in [-0.3, -0.25) is 0 Å². The third-order valence-electron chi connectivity index (χ3n) is 5.56. The van der Waals surface area contributed by atoms with Crippen molar-refractivity contribution in [2.75, 3.05) is 28.4 Å². The van der Waals surface area contributed by atoms with Crippen LogP contribution in [0.5, 0.6) is 23.0 Å². The molecule has 0 unspecified atom stereocenters. The van der Waals surface area contributed by atoms with Crippen LogP contribution in [-0.4, -0.2) is 40.1 Å². The van der Waals surface area contributed by atoms with Crippen LogP contribution in [-0.2, 0) is 9.63 Å². The SMILES string of the molecule is CCCCCC(=O)ON=C(CCCCC)c1cc(OC)c2c(OC)ccc(OC)c2c1OC. The molecule has 0 amide bonds. The van der Waals surface area contributed by atoms with Crippen molar-refractivity contribution >= 4 is 22.5 Å². The zero-order valence-corrected chi connectivity index (χ0v) is 20.8. The molecule has 0 atom stereocenters. The lowest BCUT2D eigenvalue weighted by atomic mass is 9.97. The van der Waals surface area contributed by atoms with Crippen LogP contribution in [0, 0.1) is 0 Å². The molecule has 2 rings (SSSR count). The van der Waals surface area contributed by atoms with E-state index in [4.69, 9.17) is 23.8 Å². The van der Waals surface area contributed by atoms with Crippen LogP contribution in [0.25, 0.3) is 10.8 Å². The molecule has 7 heteroatoms. The fourth-order valence-corrected chi connectivity index (χ4v) is 3.81. The standard InChI is InChI=1S/C26H37NO6/c1-7-9-11-13-19(27-33-23(28)14-12-10-8-2)18-17-22(31-5)24-20(29-3)15-16-21(30-4)25(24)26(18)32-6/h15-17H,7-14H2,1-6H3. The van der Waals surface area contributed by atoms with Gasteiger partial charge in [0.05, 0.1) is 44.9 Å². The van der Waals surface area contributed by atoms with Crippen molar-refractivity contribution in [1.82, 2.24) is 0 Å². The number of hydrogen-bond donors (Lipinski definition) is 0. The average molecular weight is 460 g/mol. The van der Waals surface area contributed by atoms with Gasteiger partial charge in [-0.15, -0.1) is 0 Å². The zero-order chi connectivity index (χ0) is 24.2. The molecule has 7 nitrogen and oxygen atoms in total. The number of rotatable bonds is 14. The lowest BCUT2D eigenvalue weighted by Gasteiger charge is -2.19. The van der Waals surface area contributed by atoms with Crippen LogP contribution >= 0.6 is 0 Å². The second-order valence-electron chi connectivity index (χ2n) is 7.80. The number of oxime groups is 1. The molecule has 0 aliphatic heterocycles. The summed E-state index contributed by atoms with van der Waals surface area (Å²) in [6.07, 6.45) is 6.80. The Hall–Kier alpha value is -2.96. The van der Waals surface area contributed by atoms with Gasteiger partial charge in [0.25, 0.3) is 0 Å². The van der Waals surface area contributed by atoms with Crippen molar-refractivity contribution in [2.24, 2.45) is 5.16 Å². The minimum absolute atomic E-state index is 0.331. The Kier molecular flexibility index (Phi) is 10.8. The maximum Gasteiger partial charge on any atom is 0.335 e. The molecule has 0 aliphatic carbocycles. The number of fused-ring (bicyclic) bond motifs is 1. The first-order valence-electron chi connectivity index (χ1n) is 11.6. The first-order valence-corrected chi connectivity index (χ1v) is 11.6. The summed E-state index contributed by atoms with van der Waals surface area (Å²) in [4.78, 5) is 17.6. The molecule has 0 aliphatic rings. The van der Waals surface area contributed by atoms with Crippen molar-refractivity contribution in [2.45, 2.75) is 65.2 Å². The van der Waals surface area contributed by atoms with Gasteiger partial charge in [0, 0.05) is 12.0 Å². The molecule has 0 saturated heterocycles. The molecule has 0 spiro atoms. The fraction of sp³-hybridized carbons (Fsp3) is 0.538. The summed E-state index contributed by atoms with van der Waals surface area (Å²) in [5.74, 6) is 2.09. The molecule has 0 saturated carbocycles. The Bertz CT molecular complexity index is 954. The van der Waals surface area contributed by atoms with Crippen molar-refractivity contribution in [1.29, 1.82) is 0 Å². The van der Waals surface area contributed by atoms with E-state index in [9.17, 15) is 4.79 Å². The zero-order valence-electron chi connectivity index (χ0n) is 20.8. The van der Waals surface area contributed by atoms with E-state index in [1.54, 1.807) is 28.4 Å². The summed E-state index contributed by atoms with van der Waals surface area (Å²) in [6, 6.07) is 5.52. The monoisotopic (exact) mass is 459 g/mol. The van der Waals surface area contributed by atoms with Gasteiger partial charge in [0.2, 0.25) is 0 Å². The molecule has 2 aromatic carbocycles. The van der Waals surface area contributed by atoms with Gasteiger partial charge in [-0.2, -0.15) is 0 Å². The van der Waals surface area contributed by atoms with Gasteiger partial charge in [0.15, 0.2) is 0 Å². The molecule has 0 aromatic heterocycles. The normalized spacial score (nSPS) is 11.4. The number of benzene rings is 2. The van der Waals surface area contributed by atoms with Crippen LogP contribution in [0.1, 0.15) is 70.8 Å². The van der Waals surface area contributed by atoms with Gasteiger partial charge in [-0.05, 0) is 37.5 Å². The van der Waals surface area contributed by atoms with E-state index in [-0.39, 0.29) is 5.97 Å². The van der Waals surface area contributed by atoms with E-state index in [0.717, 1.165) is 43.9 Å².